The van der Waals surface area contributed by atoms with E-state index >= 15 is 0 Å². The minimum absolute atomic E-state index is 0.0730. The van der Waals surface area contributed by atoms with Gasteiger partial charge in [-0.25, -0.2) is 0 Å². The Morgan fingerprint density at radius 1 is 1.05 bits per heavy atom. The number of nitriles is 1. The summed E-state index contributed by atoms with van der Waals surface area (Å²) < 4.78 is 36.8. The smallest absolute Gasteiger partial charge is 0.295 e. The van der Waals surface area contributed by atoms with Crippen molar-refractivity contribution in [1.82, 2.24) is 0 Å². The van der Waals surface area contributed by atoms with Crippen LogP contribution in [0.5, 0.6) is 11.5 Å². The summed E-state index contributed by atoms with van der Waals surface area (Å²) in [6.45, 7) is 0. The molecule has 5 nitrogen and oxygen atoms in total. The average Bonchev–Trinajstić information content (AvgIpc) is 2.38. The molecule has 0 unspecified atom stereocenters. The van der Waals surface area contributed by atoms with Crippen LogP contribution in [0, 0.1) is 11.3 Å². The van der Waals surface area contributed by atoms with Crippen molar-refractivity contribution in [3.63, 3.8) is 0 Å². The first kappa shape index (κ1) is 13.1. The van der Waals surface area contributed by atoms with Crippen molar-refractivity contribution in [3.8, 4) is 17.6 Å². The third-order valence-electron chi connectivity index (χ3n) is 2.35. The summed E-state index contributed by atoms with van der Waals surface area (Å²) in [6.07, 6.45) is 0. The van der Waals surface area contributed by atoms with Gasteiger partial charge in [0.15, 0.2) is 0 Å². The molecule has 0 saturated heterocycles. The van der Waals surface area contributed by atoms with E-state index in [9.17, 15) is 8.42 Å². The number of ether oxygens (including phenoxy) is 1. The predicted molar refractivity (Wildman–Crippen MR) is 67.5 cm³/mol. The Morgan fingerprint density at radius 3 is 2.32 bits per heavy atom. The maximum Gasteiger partial charge on any atom is 0.295 e. The molecule has 0 aliphatic carbocycles. The number of nitrogens with zero attached hydrogens (tertiary/aromatic N) is 1. The maximum atomic E-state index is 11.2. The van der Waals surface area contributed by atoms with Gasteiger partial charge < -0.3 is 4.74 Å². The van der Waals surface area contributed by atoms with Crippen LogP contribution in [-0.4, -0.2) is 13.0 Å². The zero-order valence-electron chi connectivity index (χ0n) is 9.65. The van der Waals surface area contributed by atoms with Crippen LogP contribution >= 0.6 is 0 Å². The summed E-state index contributed by atoms with van der Waals surface area (Å²) in [6, 6.07) is 14.3. The molecule has 19 heavy (non-hydrogen) atoms. The van der Waals surface area contributed by atoms with Gasteiger partial charge in [0.1, 0.15) is 28.0 Å². The highest BCUT2D eigenvalue weighted by atomic mass is 32.2. The zero-order chi connectivity index (χ0) is 13.9. The van der Waals surface area contributed by atoms with Crippen molar-refractivity contribution in [3.05, 3.63) is 54.1 Å². The average molecular weight is 275 g/mol. The number of benzene rings is 2. The van der Waals surface area contributed by atoms with Crippen LogP contribution in [0.2, 0.25) is 0 Å². The van der Waals surface area contributed by atoms with Crippen LogP contribution in [-0.2, 0) is 10.1 Å². The molecule has 2 aromatic carbocycles. The fraction of sp³-hybridized carbons (Fsp3) is 0. The van der Waals surface area contributed by atoms with E-state index in [1.807, 2.05) is 0 Å². The van der Waals surface area contributed by atoms with E-state index in [-0.39, 0.29) is 11.3 Å². The number of hydrogen-bond acceptors (Lipinski definition) is 4. The standard InChI is InChI=1S/C13H9NO4S/c14-9-11-12(18-10-5-2-1-3-6-10)7-4-8-13(11)19(15,16)17/h1-8H,(H,15,16,17). The van der Waals surface area contributed by atoms with Gasteiger partial charge in [-0.15, -0.1) is 0 Å². The lowest BCUT2D eigenvalue weighted by atomic mass is 10.2. The Balaban J connectivity index is 2.51. The van der Waals surface area contributed by atoms with Gasteiger partial charge in [-0.05, 0) is 24.3 Å². The zero-order valence-corrected chi connectivity index (χ0v) is 10.5. The quantitative estimate of drug-likeness (QED) is 0.870. The molecule has 0 amide bonds. The molecule has 0 aliphatic rings. The topological polar surface area (TPSA) is 87.4 Å². The van der Waals surface area contributed by atoms with E-state index in [1.54, 1.807) is 36.4 Å². The van der Waals surface area contributed by atoms with Crippen LogP contribution in [0.25, 0.3) is 0 Å². The van der Waals surface area contributed by atoms with Crippen molar-refractivity contribution < 1.29 is 17.7 Å². The fourth-order valence-electron chi connectivity index (χ4n) is 1.54. The first-order chi connectivity index (χ1) is 9.02. The van der Waals surface area contributed by atoms with Crippen LogP contribution in [0.3, 0.4) is 0 Å². The number of hydrogen-bond donors (Lipinski definition) is 1. The van der Waals surface area contributed by atoms with E-state index in [2.05, 4.69) is 0 Å². The summed E-state index contributed by atoms with van der Waals surface area (Å²) in [4.78, 5) is -0.469. The van der Waals surface area contributed by atoms with Gasteiger partial charge in [0.05, 0.1) is 0 Å². The first-order valence-corrected chi connectivity index (χ1v) is 6.70. The van der Waals surface area contributed by atoms with E-state index in [4.69, 9.17) is 14.6 Å². The molecule has 6 heteroatoms. The molecule has 0 fully saturated rings. The van der Waals surface area contributed by atoms with Gasteiger partial charge in [0, 0.05) is 0 Å². The van der Waals surface area contributed by atoms with Gasteiger partial charge in [0.2, 0.25) is 0 Å². The maximum absolute atomic E-state index is 11.2. The molecule has 0 saturated carbocycles. The molecule has 2 rings (SSSR count). The summed E-state index contributed by atoms with van der Waals surface area (Å²) in [5.74, 6) is 0.537. The van der Waals surface area contributed by atoms with E-state index in [0.29, 0.717) is 5.75 Å². The van der Waals surface area contributed by atoms with Crippen molar-refractivity contribution >= 4 is 10.1 Å². The van der Waals surface area contributed by atoms with Gasteiger partial charge in [-0.2, -0.15) is 13.7 Å². The van der Waals surface area contributed by atoms with Gasteiger partial charge >= 0.3 is 0 Å². The normalized spacial score (nSPS) is 10.7. The van der Waals surface area contributed by atoms with Crippen LogP contribution in [0.4, 0.5) is 0 Å². The monoisotopic (exact) mass is 275 g/mol. The van der Waals surface area contributed by atoms with Crippen LogP contribution in [0.15, 0.2) is 53.4 Å². The Bertz CT molecular complexity index is 733. The van der Waals surface area contributed by atoms with Crippen molar-refractivity contribution in [2.45, 2.75) is 4.90 Å². The fourth-order valence-corrected chi connectivity index (χ4v) is 2.19. The molecular weight excluding hydrogens is 266 g/mol. The van der Waals surface area contributed by atoms with E-state index in [1.165, 1.54) is 12.1 Å². The molecule has 0 radical (unpaired) electrons. The number of rotatable bonds is 3. The predicted octanol–water partition coefficient (Wildman–Crippen LogP) is 2.60. The highest BCUT2D eigenvalue weighted by molar-refractivity contribution is 7.85. The second-order valence-electron chi connectivity index (χ2n) is 3.63. The minimum atomic E-state index is -4.46. The summed E-state index contributed by atoms with van der Waals surface area (Å²) in [5, 5.41) is 9.04. The second-order valence-corrected chi connectivity index (χ2v) is 5.02. The van der Waals surface area contributed by atoms with Gasteiger partial charge in [0.25, 0.3) is 10.1 Å². The highest BCUT2D eigenvalue weighted by Gasteiger charge is 2.19. The number of para-hydroxylation sites is 1. The Kier molecular flexibility index (Phi) is 3.51. The highest BCUT2D eigenvalue weighted by Crippen LogP contribution is 2.29. The summed E-state index contributed by atoms with van der Waals surface area (Å²) in [5.41, 5.74) is -0.228. The lowest BCUT2D eigenvalue weighted by Gasteiger charge is -2.09. The largest absolute Gasteiger partial charge is 0.456 e. The lowest BCUT2D eigenvalue weighted by molar-refractivity contribution is 0.470. The molecule has 0 bridgehead atoms. The molecule has 0 aliphatic heterocycles. The molecule has 2 aromatic rings. The summed E-state index contributed by atoms with van der Waals surface area (Å²) >= 11 is 0. The Morgan fingerprint density at radius 2 is 1.74 bits per heavy atom. The molecule has 0 atom stereocenters. The van der Waals surface area contributed by atoms with Gasteiger partial charge in [-0.1, -0.05) is 24.3 Å². The summed E-state index contributed by atoms with van der Waals surface area (Å²) in [7, 11) is -4.46. The molecule has 0 spiro atoms. The Hall–Kier alpha value is -2.36. The third kappa shape index (κ3) is 2.91. The van der Waals surface area contributed by atoms with Crippen LogP contribution < -0.4 is 4.74 Å². The second kappa shape index (κ2) is 5.10. The molecule has 1 N–H and O–H groups in total. The van der Waals surface area contributed by atoms with E-state index < -0.39 is 15.0 Å². The van der Waals surface area contributed by atoms with Gasteiger partial charge in [-0.3, -0.25) is 4.55 Å². The molecule has 0 aromatic heterocycles. The van der Waals surface area contributed by atoms with E-state index in [0.717, 1.165) is 6.07 Å². The van der Waals surface area contributed by atoms with Crippen LogP contribution in [0.1, 0.15) is 5.56 Å². The molecular formula is C13H9NO4S. The molecule has 96 valence electrons. The van der Waals surface area contributed by atoms with Crippen molar-refractivity contribution in [1.29, 1.82) is 5.26 Å². The minimum Gasteiger partial charge on any atom is -0.456 e. The SMILES string of the molecule is N#Cc1c(Oc2ccccc2)cccc1S(=O)(=O)O. The Labute approximate surface area is 110 Å². The molecule has 0 heterocycles. The van der Waals surface area contributed by atoms with Crippen molar-refractivity contribution in [2.24, 2.45) is 0 Å². The lowest BCUT2D eigenvalue weighted by Crippen LogP contribution is -2.02. The first-order valence-electron chi connectivity index (χ1n) is 5.26. The third-order valence-corrected chi connectivity index (χ3v) is 3.24. The van der Waals surface area contributed by atoms with Crippen molar-refractivity contribution in [2.75, 3.05) is 0 Å².